The molecule has 0 aliphatic heterocycles. The summed E-state index contributed by atoms with van der Waals surface area (Å²) in [6.45, 7) is 2.03. The highest BCUT2D eigenvalue weighted by atomic mass is 32.1. The van der Waals surface area contributed by atoms with Gasteiger partial charge < -0.3 is 11.1 Å². The molecule has 0 saturated heterocycles. The van der Waals surface area contributed by atoms with Gasteiger partial charge in [0.2, 0.25) is 0 Å². The molecular formula is C14H15N3S2. The van der Waals surface area contributed by atoms with Crippen LogP contribution in [0.2, 0.25) is 0 Å². The number of aryl methyl sites for hydroxylation is 1. The fourth-order valence-electron chi connectivity index (χ4n) is 2.00. The van der Waals surface area contributed by atoms with E-state index in [1.54, 1.807) is 11.3 Å². The van der Waals surface area contributed by atoms with Crippen molar-refractivity contribution >= 4 is 39.4 Å². The number of thiocarbonyl (C=S) groups is 1. The minimum absolute atomic E-state index is 0.408. The zero-order chi connectivity index (χ0) is 13.4. The average Bonchev–Trinajstić information content (AvgIpc) is 3.12. The molecule has 1 aliphatic carbocycles. The highest BCUT2D eigenvalue weighted by Gasteiger charge is 2.26. The molecule has 0 atom stereocenters. The second-order valence-corrected chi connectivity index (χ2v) is 6.19. The lowest BCUT2D eigenvalue weighted by Gasteiger charge is -2.09. The van der Waals surface area contributed by atoms with E-state index in [9.17, 15) is 0 Å². The van der Waals surface area contributed by atoms with E-state index in [-0.39, 0.29) is 0 Å². The second-order valence-electron chi connectivity index (χ2n) is 4.89. The number of nitrogens with zero attached hydrogens (tertiary/aromatic N) is 1. The summed E-state index contributed by atoms with van der Waals surface area (Å²) in [5, 5.41) is 6.36. The van der Waals surface area contributed by atoms with Crippen molar-refractivity contribution in [1.82, 2.24) is 4.98 Å². The Morgan fingerprint density at radius 2 is 2.26 bits per heavy atom. The molecule has 3 nitrogen and oxygen atoms in total. The largest absolute Gasteiger partial charge is 0.389 e. The van der Waals surface area contributed by atoms with Crippen LogP contribution in [0.15, 0.2) is 23.6 Å². The fraction of sp³-hybridized carbons (Fsp3) is 0.286. The minimum Gasteiger partial charge on any atom is -0.389 e. The summed E-state index contributed by atoms with van der Waals surface area (Å²) >= 11 is 6.73. The van der Waals surface area contributed by atoms with E-state index in [2.05, 4.69) is 15.7 Å². The quantitative estimate of drug-likeness (QED) is 0.843. The van der Waals surface area contributed by atoms with Crippen molar-refractivity contribution in [2.24, 2.45) is 5.73 Å². The SMILES string of the molecule is Cc1ccc(Nc2nc(C3CC3)cs2)c(C(N)=S)c1. The smallest absolute Gasteiger partial charge is 0.187 e. The van der Waals surface area contributed by atoms with Crippen LogP contribution in [-0.2, 0) is 0 Å². The van der Waals surface area contributed by atoms with Crippen LogP contribution in [0.4, 0.5) is 10.8 Å². The first-order valence-electron chi connectivity index (χ1n) is 6.26. The summed E-state index contributed by atoms with van der Waals surface area (Å²) in [7, 11) is 0. The Bertz CT molecular complexity index is 629. The first-order chi connectivity index (χ1) is 9.13. The van der Waals surface area contributed by atoms with Crippen molar-refractivity contribution < 1.29 is 0 Å². The summed E-state index contributed by atoms with van der Waals surface area (Å²) in [6, 6.07) is 6.04. The van der Waals surface area contributed by atoms with Crippen molar-refractivity contribution in [2.75, 3.05) is 5.32 Å². The summed E-state index contributed by atoms with van der Waals surface area (Å²) in [5.74, 6) is 0.680. The molecule has 1 heterocycles. The molecule has 2 aromatic rings. The Kier molecular flexibility index (Phi) is 3.24. The number of aromatic nitrogens is 1. The predicted molar refractivity (Wildman–Crippen MR) is 84.4 cm³/mol. The maximum Gasteiger partial charge on any atom is 0.187 e. The average molecular weight is 289 g/mol. The van der Waals surface area contributed by atoms with Crippen LogP contribution >= 0.6 is 23.6 Å². The van der Waals surface area contributed by atoms with Crippen LogP contribution < -0.4 is 11.1 Å². The van der Waals surface area contributed by atoms with E-state index in [1.807, 2.05) is 25.1 Å². The molecule has 19 heavy (non-hydrogen) atoms. The Hall–Kier alpha value is -1.46. The number of hydrogen-bond donors (Lipinski definition) is 2. The molecular weight excluding hydrogens is 274 g/mol. The number of nitrogens with two attached hydrogens (primary N) is 1. The molecule has 98 valence electrons. The van der Waals surface area contributed by atoms with Crippen LogP contribution in [0.5, 0.6) is 0 Å². The lowest BCUT2D eigenvalue weighted by molar-refractivity contribution is 1.05. The van der Waals surface area contributed by atoms with Crippen LogP contribution in [0.25, 0.3) is 0 Å². The van der Waals surface area contributed by atoms with E-state index in [1.165, 1.54) is 18.5 Å². The van der Waals surface area contributed by atoms with Crippen molar-refractivity contribution in [3.8, 4) is 0 Å². The molecule has 3 N–H and O–H groups in total. The monoisotopic (exact) mass is 289 g/mol. The van der Waals surface area contributed by atoms with Gasteiger partial charge in [-0.3, -0.25) is 0 Å². The van der Waals surface area contributed by atoms with Crippen molar-refractivity contribution in [2.45, 2.75) is 25.7 Å². The normalized spacial score (nSPS) is 14.4. The topological polar surface area (TPSA) is 50.9 Å². The molecule has 0 amide bonds. The lowest BCUT2D eigenvalue weighted by atomic mass is 10.1. The molecule has 0 spiro atoms. The molecule has 1 aliphatic rings. The third-order valence-electron chi connectivity index (χ3n) is 3.20. The maximum atomic E-state index is 5.77. The van der Waals surface area contributed by atoms with Gasteiger partial charge in [-0.25, -0.2) is 4.98 Å². The van der Waals surface area contributed by atoms with Crippen molar-refractivity contribution in [3.05, 3.63) is 40.4 Å². The van der Waals surface area contributed by atoms with E-state index in [4.69, 9.17) is 18.0 Å². The van der Waals surface area contributed by atoms with Gasteiger partial charge in [-0.15, -0.1) is 11.3 Å². The molecule has 3 rings (SSSR count). The van der Waals surface area contributed by atoms with Crippen molar-refractivity contribution in [1.29, 1.82) is 0 Å². The fourth-order valence-corrected chi connectivity index (χ4v) is 2.97. The van der Waals surface area contributed by atoms with E-state index in [0.717, 1.165) is 21.9 Å². The summed E-state index contributed by atoms with van der Waals surface area (Å²) < 4.78 is 0. The van der Waals surface area contributed by atoms with E-state index in [0.29, 0.717) is 10.9 Å². The number of thiazole rings is 1. The zero-order valence-electron chi connectivity index (χ0n) is 10.6. The first kappa shape index (κ1) is 12.6. The lowest BCUT2D eigenvalue weighted by Crippen LogP contribution is -2.12. The number of hydrogen-bond acceptors (Lipinski definition) is 4. The van der Waals surface area contributed by atoms with Gasteiger partial charge in [0.15, 0.2) is 5.13 Å². The van der Waals surface area contributed by atoms with Gasteiger partial charge in [-0.2, -0.15) is 0 Å². The number of anilines is 2. The van der Waals surface area contributed by atoms with Gasteiger partial charge in [0.1, 0.15) is 4.99 Å². The van der Waals surface area contributed by atoms with E-state index >= 15 is 0 Å². The Morgan fingerprint density at radius 3 is 2.95 bits per heavy atom. The molecule has 0 unspecified atom stereocenters. The predicted octanol–water partition coefficient (Wildman–Crippen LogP) is 3.71. The first-order valence-corrected chi connectivity index (χ1v) is 7.55. The van der Waals surface area contributed by atoms with Gasteiger partial charge in [0, 0.05) is 16.9 Å². The molecule has 1 saturated carbocycles. The number of rotatable bonds is 4. The Balaban J connectivity index is 1.87. The molecule has 5 heteroatoms. The minimum atomic E-state index is 0.408. The van der Waals surface area contributed by atoms with Crippen LogP contribution in [0.3, 0.4) is 0 Å². The summed E-state index contributed by atoms with van der Waals surface area (Å²) in [4.78, 5) is 5.02. The second kappa shape index (κ2) is 4.90. The molecule has 0 radical (unpaired) electrons. The molecule has 1 aromatic carbocycles. The van der Waals surface area contributed by atoms with Gasteiger partial charge in [0.05, 0.1) is 11.4 Å². The summed E-state index contributed by atoms with van der Waals surface area (Å²) in [5.41, 5.74) is 9.92. The van der Waals surface area contributed by atoms with Gasteiger partial charge in [0.25, 0.3) is 0 Å². The van der Waals surface area contributed by atoms with Crippen LogP contribution in [0.1, 0.15) is 35.6 Å². The van der Waals surface area contributed by atoms with E-state index < -0.39 is 0 Å². The standard InChI is InChI=1S/C14H15N3S2/c1-8-2-5-11(10(6-8)13(15)18)16-14-17-12(7-19-14)9-3-4-9/h2,5-7,9H,3-4H2,1H3,(H2,15,18)(H,16,17). The zero-order valence-corrected chi connectivity index (χ0v) is 12.3. The van der Waals surface area contributed by atoms with Gasteiger partial charge >= 0.3 is 0 Å². The highest BCUT2D eigenvalue weighted by molar-refractivity contribution is 7.80. The Labute approximate surface area is 121 Å². The van der Waals surface area contributed by atoms with Crippen molar-refractivity contribution in [3.63, 3.8) is 0 Å². The number of nitrogens with one attached hydrogen (secondary N) is 1. The molecule has 0 bridgehead atoms. The van der Waals surface area contributed by atoms with Gasteiger partial charge in [-0.05, 0) is 31.9 Å². The van der Waals surface area contributed by atoms with Gasteiger partial charge in [-0.1, -0.05) is 23.8 Å². The third-order valence-corrected chi connectivity index (χ3v) is 4.20. The third kappa shape index (κ3) is 2.77. The highest BCUT2D eigenvalue weighted by Crippen LogP contribution is 2.41. The summed E-state index contributed by atoms with van der Waals surface area (Å²) in [6.07, 6.45) is 2.54. The number of benzene rings is 1. The van der Waals surface area contributed by atoms with Crippen LogP contribution in [-0.4, -0.2) is 9.97 Å². The maximum absolute atomic E-state index is 5.77. The Morgan fingerprint density at radius 1 is 1.47 bits per heavy atom. The van der Waals surface area contributed by atoms with Crippen LogP contribution in [0, 0.1) is 6.92 Å². The molecule has 1 fully saturated rings. The molecule has 1 aromatic heterocycles.